The number of rotatable bonds is 4. The van der Waals surface area contributed by atoms with Crippen LogP contribution in [0.3, 0.4) is 0 Å². The van der Waals surface area contributed by atoms with Gasteiger partial charge in [0.1, 0.15) is 5.82 Å². The highest BCUT2D eigenvalue weighted by molar-refractivity contribution is 9.10. The molecule has 3 nitrogen and oxygen atoms in total. The summed E-state index contributed by atoms with van der Waals surface area (Å²) < 4.78 is 20.3. The Morgan fingerprint density at radius 3 is 3.00 bits per heavy atom. The molecule has 0 bridgehead atoms. The Kier molecular flexibility index (Phi) is 5.12. The van der Waals surface area contributed by atoms with E-state index in [2.05, 4.69) is 21.4 Å². The zero-order valence-electron chi connectivity index (χ0n) is 10.2. The van der Waals surface area contributed by atoms with Crippen LogP contribution in [0.4, 0.5) is 4.39 Å². The van der Waals surface area contributed by atoms with E-state index in [0.717, 1.165) is 23.9 Å². The molecule has 0 spiro atoms. The average Bonchev–Trinajstić information content (AvgIpc) is 2.40. The van der Waals surface area contributed by atoms with Crippen molar-refractivity contribution in [2.24, 2.45) is 5.84 Å². The van der Waals surface area contributed by atoms with Crippen molar-refractivity contribution in [1.29, 1.82) is 0 Å². The molecule has 0 aromatic heterocycles. The minimum atomic E-state index is -0.239. The van der Waals surface area contributed by atoms with Gasteiger partial charge in [0, 0.05) is 16.6 Å². The van der Waals surface area contributed by atoms with Crippen LogP contribution in [0.25, 0.3) is 0 Å². The Labute approximate surface area is 115 Å². The summed E-state index contributed by atoms with van der Waals surface area (Å²) in [5.74, 6) is 5.31. The fraction of sp³-hybridized carbons (Fsp3) is 0.538. The second-order valence-corrected chi connectivity index (χ2v) is 5.53. The highest BCUT2D eigenvalue weighted by Gasteiger charge is 2.22. The largest absolute Gasteiger partial charge is 0.378 e. The molecule has 5 heteroatoms. The minimum absolute atomic E-state index is 0.165. The van der Waals surface area contributed by atoms with E-state index in [1.807, 2.05) is 0 Å². The lowest BCUT2D eigenvalue weighted by molar-refractivity contribution is 0.00483. The number of halogens is 2. The maximum atomic E-state index is 13.8. The summed E-state index contributed by atoms with van der Waals surface area (Å²) in [6, 6.07) is 4.68. The molecule has 0 aliphatic carbocycles. The number of benzene rings is 1. The summed E-state index contributed by atoms with van der Waals surface area (Å²) in [5.41, 5.74) is 3.28. The van der Waals surface area contributed by atoms with Crippen LogP contribution in [0.2, 0.25) is 0 Å². The fourth-order valence-corrected chi connectivity index (χ4v) is 2.70. The van der Waals surface area contributed by atoms with Crippen molar-refractivity contribution in [3.63, 3.8) is 0 Å². The lowest BCUT2D eigenvalue weighted by Gasteiger charge is -2.27. The first-order valence-electron chi connectivity index (χ1n) is 6.23. The molecule has 100 valence electrons. The van der Waals surface area contributed by atoms with Crippen LogP contribution in [0.15, 0.2) is 22.7 Å². The van der Waals surface area contributed by atoms with E-state index in [1.54, 1.807) is 12.1 Å². The number of ether oxygens (including phenoxy) is 1. The Morgan fingerprint density at radius 1 is 1.50 bits per heavy atom. The molecule has 1 aromatic rings. The van der Waals surface area contributed by atoms with Crippen LogP contribution in [0.5, 0.6) is 0 Å². The molecule has 1 aliphatic rings. The predicted molar refractivity (Wildman–Crippen MR) is 72.4 cm³/mol. The predicted octanol–water partition coefficient (Wildman–Crippen LogP) is 3.05. The summed E-state index contributed by atoms with van der Waals surface area (Å²) >= 11 is 3.35. The SMILES string of the molecule is NNC(CC1CCCCO1)c1cc(Br)ccc1F. The molecule has 18 heavy (non-hydrogen) atoms. The second-order valence-electron chi connectivity index (χ2n) is 4.61. The molecule has 0 saturated carbocycles. The van der Waals surface area contributed by atoms with Crippen molar-refractivity contribution in [3.8, 4) is 0 Å². The first-order valence-corrected chi connectivity index (χ1v) is 7.02. The molecule has 1 saturated heterocycles. The molecule has 1 heterocycles. The van der Waals surface area contributed by atoms with Crippen molar-refractivity contribution in [2.45, 2.75) is 37.8 Å². The van der Waals surface area contributed by atoms with E-state index in [-0.39, 0.29) is 18.0 Å². The van der Waals surface area contributed by atoms with Crippen LogP contribution < -0.4 is 11.3 Å². The number of hydrogen-bond acceptors (Lipinski definition) is 3. The Morgan fingerprint density at radius 2 is 2.33 bits per heavy atom. The topological polar surface area (TPSA) is 47.3 Å². The van der Waals surface area contributed by atoms with E-state index in [9.17, 15) is 4.39 Å². The normalized spacial score (nSPS) is 21.8. The van der Waals surface area contributed by atoms with Crippen LogP contribution in [-0.4, -0.2) is 12.7 Å². The first kappa shape index (κ1) is 13.9. The number of hydrogen-bond donors (Lipinski definition) is 2. The number of nitrogens with one attached hydrogen (secondary N) is 1. The molecule has 2 unspecified atom stereocenters. The van der Waals surface area contributed by atoms with Gasteiger partial charge in [-0.05, 0) is 43.9 Å². The Bertz CT molecular complexity index is 397. The molecule has 2 rings (SSSR count). The van der Waals surface area contributed by atoms with Gasteiger partial charge in [-0.2, -0.15) is 0 Å². The van der Waals surface area contributed by atoms with E-state index in [4.69, 9.17) is 10.6 Å². The van der Waals surface area contributed by atoms with E-state index < -0.39 is 0 Å². The van der Waals surface area contributed by atoms with Gasteiger partial charge in [-0.25, -0.2) is 4.39 Å². The highest BCUT2D eigenvalue weighted by atomic mass is 79.9. The standard InChI is InChI=1S/C13H18BrFN2O/c14-9-4-5-12(15)11(7-9)13(17-16)8-10-3-1-2-6-18-10/h4-5,7,10,13,17H,1-3,6,8,16H2. The molecule has 0 amide bonds. The Balaban J connectivity index is 2.09. The van der Waals surface area contributed by atoms with Gasteiger partial charge in [0.25, 0.3) is 0 Å². The quantitative estimate of drug-likeness (QED) is 0.663. The summed E-state index contributed by atoms with van der Waals surface area (Å²) in [6.07, 6.45) is 4.17. The highest BCUT2D eigenvalue weighted by Crippen LogP contribution is 2.27. The molecular formula is C13H18BrFN2O. The fourth-order valence-electron chi connectivity index (χ4n) is 2.32. The van der Waals surface area contributed by atoms with Gasteiger partial charge in [-0.3, -0.25) is 11.3 Å². The van der Waals surface area contributed by atoms with Crippen LogP contribution in [0, 0.1) is 5.82 Å². The lowest BCUT2D eigenvalue weighted by Crippen LogP contribution is -2.33. The summed E-state index contributed by atoms with van der Waals surface area (Å²) in [7, 11) is 0. The van der Waals surface area contributed by atoms with Crippen molar-refractivity contribution in [3.05, 3.63) is 34.1 Å². The molecule has 0 radical (unpaired) electrons. The van der Waals surface area contributed by atoms with Crippen molar-refractivity contribution in [1.82, 2.24) is 5.43 Å². The third-order valence-corrected chi connectivity index (χ3v) is 3.80. The van der Waals surface area contributed by atoms with Gasteiger partial charge in [-0.1, -0.05) is 15.9 Å². The second kappa shape index (κ2) is 6.61. The van der Waals surface area contributed by atoms with Gasteiger partial charge >= 0.3 is 0 Å². The molecule has 1 aliphatic heterocycles. The van der Waals surface area contributed by atoms with Crippen LogP contribution in [-0.2, 0) is 4.74 Å². The van der Waals surface area contributed by atoms with Crippen LogP contribution >= 0.6 is 15.9 Å². The minimum Gasteiger partial charge on any atom is -0.378 e. The van der Waals surface area contributed by atoms with Gasteiger partial charge in [-0.15, -0.1) is 0 Å². The van der Waals surface area contributed by atoms with Crippen LogP contribution in [0.1, 0.15) is 37.3 Å². The van der Waals surface area contributed by atoms with Gasteiger partial charge < -0.3 is 4.74 Å². The van der Waals surface area contributed by atoms with Crippen molar-refractivity contribution >= 4 is 15.9 Å². The molecule has 2 atom stereocenters. The molecule has 1 fully saturated rings. The van der Waals surface area contributed by atoms with Gasteiger partial charge in [0.15, 0.2) is 0 Å². The van der Waals surface area contributed by atoms with Gasteiger partial charge in [0.2, 0.25) is 0 Å². The maximum absolute atomic E-state index is 13.8. The smallest absolute Gasteiger partial charge is 0.128 e. The van der Waals surface area contributed by atoms with E-state index in [0.29, 0.717) is 12.0 Å². The van der Waals surface area contributed by atoms with E-state index in [1.165, 1.54) is 12.5 Å². The van der Waals surface area contributed by atoms with Crippen molar-refractivity contribution in [2.75, 3.05) is 6.61 Å². The van der Waals surface area contributed by atoms with E-state index >= 15 is 0 Å². The zero-order chi connectivity index (χ0) is 13.0. The number of hydrazine groups is 1. The lowest BCUT2D eigenvalue weighted by atomic mass is 9.97. The monoisotopic (exact) mass is 316 g/mol. The molecular weight excluding hydrogens is 299 g/mol. The van der Waals surface area contributed by atoms with Gasteiger partial charge in [0.05, 0.1) is 12.1 Å². The first-order chi connectivity index (χ1) is 8.70. The average molecular weight is 317 g/mol. The Hall–Kier alpha value is -0.490. The maximum Gasteiger partial charge on any atom is 0.128 e. The summed E-state index contributed by atoms with van der Waals surface area (Å²) in [6.45, 7) is 0.795. The zero-order valence-corrected chi connectivity index (χ0v) is 11.7. The number of nitrogens with two attached hydrogens (primary N) is 1. The molecule has 3 N–H and O–H groups in total. The summed E-state index contributed by atoms with van der Waals surface area (Å²) in [4.78, 5) is 0. The van der Waals surface area contributed by atoms with Crippen molar-refractivity contribution < 1.29 is 9.13 Å². The third kappa shape index (κ3) is 3.51. The summed E-state index contributed by atoms with van der Waals surface area (Å²) in [5, 5.41) is 0. The molecule has 1 aromatic carbocycles. The third-order valence-electron chi connectivity index (χ3n) is 3.31.